The van der Waals surface area contributed by atoms with E-state index < -0.39 is 17.6 Å². The molecule has 0 aliphatic heterocycles. The van der Waals surface area contributed by atoms with E-state index in [-0.39, 0.29) is 13.2 Å². The predicted molar refractivity (Wildman–Crippen MR) is 75.9 cm³/mol. The van der Waals surface area contributed by atoms with Crippen LogP contribution >= 0.6 is 0 Å². The largest absolute Gasteiger partial charge is 0.460 e. The minimum atomic E-state index is -0.877. The third kappa shape index (κ3) is 7.23. The van der Waals surface area contributed by atoms with Crippen molar-refractivity contribution in [2.75, 3.05) is 13.2 Å². The molecule has 0 unspecified atom stereocenters. The van der Waals surface area contributed by atoms with Crippen LogP contribution in [0.3, 0.4) is 0 Å². The highest BCUT2D eigenvalue weighted by molar-refractivity contribution is 5.75. The Morgan fingerprint density at radius 1 is 1.35 bits per heavy atom. The van der Waals surface area contributed by atoms with E-state index in [9.17, 15) is 9.90 Å². The minimum Gasteiger partial charge on any atom is -0.460 e. The van der Waals surface area contributed by atoms with E-state index in [0.29, 0.717) is 13.0 Å². The summed E-state index contributed by atoms with van der Waals surface area (Å²) in [5.41, 5.74) is 5.76. The fraction of sp³-hybridized carbons (Fsp3) is 0.533. The first-order valence-corrected chi connectivity index (χ1v) is 6.65. The average molecular weight is 281 g/mol. The number of carbonyl (C=O) groups excluding carboxylic acids is 1. The summed E-state index contributed by atoms with van der Waals surface area (Å²) in [4.78, 5) is 11.7. The van der Waals surface area contributed by atoms with Crippen LogP contribution in [0.5, 0.6) is 0 Å². The molecule has 0 heterocycles. The second kappa shape index (κ2) is 7.99. The van der Waals surface area contributed by atoms with Crippen LogP contribution in [0.2, 0.25) is 0 Å². The Labute approximate surface area is 119 Å². The van der Waals surface area contributed by atoms with Gasteiger partial charge in [0, 0.05) is 6.61 Å². The van der Waals surface area contributed by atoms with Gasteiger partial charge in [-0.05, 0) is 25.8 Å². The maximum absolute atomic E-state index is 11.7. The van der Waals surface area contributed by atoms with Crippen LogP contribution in [0.4, 0.5) is 0 Å². The number of aliphatic hydroxyl groups is 1. The molecule has 0 spiro atoms. The summed E-state index contributed by atoms with van der Waals surface area (Å²) in [5, 5.41) is 9.45. The highest BCUT2D eigenvalue weighted by Gasteiger charge is 2.16. The number of rotatable bonds is 8. The van der Waals surface area contributed by atoms with Gasteiger partial charge in [-0.15, -0.1) is 0 Å². The summed E-state index contributed by atoms with van der Waals surface area (Å²) in [7, 11) is 0. The number of hydrogen-bond acceptors (Lipinski definition) is 5. The lowest BCUT2D eigenvalue weighted by Crippen LogP contribution is -2.34. The lowest BCUT2D eigenvalue weighted by atomic mass is 10.2. The molecule has 0 saturated carbocycles. The molecule has 0 saturated heterocycles. The van der Waals surface area contributed by atoms with Crippen LogP contribution in [0.15, 0.2) is 30.3 Å². The van der Waals surface area contributed by atoms with Crippen molar-refractivity contribution in [3.05, 3.63) is 35.9 Å². The molecule has 0 aliphatic carbocycles. The molecule has 0 fully saturated rings. The second-order valence-corrected chi connectivity index (χ2v) is 5.35. The molecule has 3 N–H and O–H groups in total. The van der Waals surface area contributed by atoms with Gasteiger partial charge in [0.1, 0.15) is 12.6 Å². The highest BCUT2D eigenvalue weighted by Crippen LogP contribution is 2.04. The van der Waals surface area contributed by atoms with Gasteiger partial charge in [-0.3, -0.25) is 4.79 Å². The third-order valence-electron chi connectivity index (χ3n) is 2.56. The Bertz CT molecular complexity index is 400. The fourth-order valence-electron chi connectivity index (χ4n) is 1.49. The molecule has 5 nitrogen and oxygen atoms in total. The topological polar surface area (TPSA) is 81.8 Å². The van der Waals surface area contributed by atoms with Crippen molar-refractivity contribution in [2.45, 2.75) is 38.5 Å². The number of hydrogen-bond donors (Lipinski definition) is 2. The molecule has 20 heavy (non-hydrogen) atoms. The van der Waals surface area contributed by atoms with Crippen molar-refractivity contribution in [3.8, 4) is 0 Å². The van der Waals surface area contributed by atoms with Gasteiger partial charge in [0.25, 0.3) is 0 Å². The number of nitrogens with two attached hydrogens (primary N) is 1. The van der Waals surface area contributed by atoms with Crippen molar-refractivity contribution >= 4 is 5.97 Å². The Kier molecular flexibility index (Phi) is 6.64. The first kappa shape index (κ1) is 16.6. The molecule has 1 aromatic carbocycles. The number of carbonyl (C=O) groups is 1. The van der Waals surface area contributed by atoms with Crippen molar-refractivity contribution in [3.63, 3.8) is 0 Å². The quantitative estimate of drug-likeness (QED) is 0.553. The highest BCUT2D eigenvalue weighted by atomic mass is 16.5. The zero-order valence-corrected chi connectivity index (χ0v) is 12.0. The van der Waals surface area contributed by atoms with Crippen LogP contribution < -0.4 is 5.73 Å². The van der Waals surface area contributed by atoms with Gasteiger partial charge in [-0.25, -0.2) is 0 Å². The van der Waals surface area contributed by atoms with Crippen LogP contribution in [0.1, 0.15) is 25.8 Å². The Morgan fingerprint density at radius 2 is 2.00 bits per heavy atom. The molecule has 5 heteroatoms. The van der Waals surface area contributed by atoms with Crippen LogP contribution in [0.25, 0.3) is 0 Å². The Balaban J connectivity index is 2.19. The van der Waals surface area contributed by atoms with Gasteiger partial charge in [0.05, 0.1) is 12.2 Å². The second-order valence-electron chi connectivity index (χ2n) is 5.35. The first-order valence-electron chi connectivity index (χ1n) is 6.65. The van der Waals surface area contributed by atoms with E-state index >= 15 is 0 Å². The SMILES string of the molecule is CC(C)(O)COCC[C@H](N)C(=O)OCc1ccccc1. The molecular formula is C15H23NO4. The summed E-state index contributed by atoms with van der Waals surface area (Å²) in [6.45, 7) is 4.05. The Morgan fingerprint density at radius 3 is 2.60 bits per heavy atom. The zero-order chi connectivity index (χ0) is 15.0. The van der Waals surface area contributed by atoms with E-state index in [4.69, 9.17) is 15.2 Å². The van der Waals surface area contributed by atoms with Crippen LogP contribution in [0, 0.1) is 0 Å². The molecule has 0 radical (unpaired) electrons. The normalized spacial score (nSPS) is 13.0. The van der Waals surface area contributed by atoms with Crippen molar-refractivity contribution in [1.29, 1.82) is 0 Å². The van der Waals surface area contributed by atoms with Gasteiger partial charge >= 0.3 is 5.97 Å². The summed E-state index contributed by atoms with van der Waals surface area (Å²) in [6, 6.07) is 8.72. The lowest BCUT2D eigenvalue weighted by Gasteiger charge is -2.17. The average Bonchev–Trinajstić information content (AvgIpc) is 2.40. The van der Waals surface area contributed by atoms with Gasteiger partial charge in [-0.1, -0.05) is 30.3 Å². The molecule has 1 rings (SSSR count). The summed E-state index contributed by atoms with van der Waals surface area (Å²) >= 11 is 0. The van der Waals surface area contributed by atoms with Gasteiger partial charge in [-0.2, -0.15) is 0 Å². The molecule has 112 valence electrons. The number of esters is 1. The number of benzene rings is 1. The smallest absolute Gasteiger partial charge is 0.323 e. The monoisotopic (exact) mass is 281 g/mol. The molecule has 0 aromatic heterocycles. The van der Waals surface area contributed by atoms with Crippen molar-refractivity contribution in [2.24, 2.45) is 5.73 Å². The lowest BCUT2D eigenvalue weighted by molar-refractivity contribution is -0.147. The summed E-state index contributed by atoms with van der Waals surface area (Å²) in [6.07, 6.45) is 0.365. The van der Waals surface area contributed by atoms with E-state index in [1.807, 2.05) is 30.3 Å². The van der Waals surface area contributed by atoms with Gasteiger partial charge in [0.15, 0.2) is 0 Å². The molecule has 0 bridgehead atoms. The molecule has 1 atom stereocenters. The predicted octanol–water partition coefficient (Wildman–Crippen LogP) is 1.23. The molecule has 0 aliphatic rings. The maximum Gasteiger partial charge on any atom is 0.323 e. The fourth-order valence-corrected chi connectivity index (χ4v) is 1.49. The van der Waals surface area contributed by atoms with E-state index in [0.717, 1.165) is 5.56 Å². The standard InChI is InChI=1S/C15H23NO4/c1-15(2,18)11-19-9-8-13(16)14(17)20-10-12-6-4-3-5-7-12/h3-7,13,18H,8-11,16H2,1-2H3/t13-/m0/s1. The first-order chi connectivity index (χ1) is 9.38. The zero-order valence-electron chi connectivity index (χ0n) is 12.0. The van der Waals surface area contributed by atoms with E-state index in [2.05, 4.69) is 0 Å². The van der Waals surface area contributed by atoms with Crippen LogP contribution in [-0.2, 0) is 20.9 Å². The van der Waals surface area contributed by atoms with Crippen LogP contribution in [-0.4, -0.2) is 35.9 Å². The third-order valence-corrected chi connectivity index (χ3v) is 2.56. The maximum atomic E-state index is 11.7. The van der Waals surface area contributed by atoms with Crippen molar-refractivity contribution in [1.82, 2.24) is 0 Å². The Hall–Kier alpha value is -1.43. The van der Waals surface area contributed by atoms with Gasteiger partial charge < -0.3 is 20.3 Å². The van der Waals surface area contributed by atoms with Crippen molar-refractivity contribution < 1.29 is 19.4 Å². The summed E-state index contributed by atoms with van der Waals surface area (Å²) < 4.78 is 10.4. The minimum absolute atomic E-state index is 0.207. The molecule has 0 amide bonds. The molecular weight excluding hydrogens is 258 g/mol. The van der Waals surface area contributed by atoms with Gasteiger partial charge in [0.2, 0.25) is 0 Å². The molecule has 1 aromatic rings. The summed E-state index contributed by atoms with van der Waals surface area (Å²) in [5.74, 6) is -0.444. The number of ether oxygens (including phenoxy) is 2. The van der Waals surface area contributed by atoms with E-state index in [1.165, 1.54) is 0 Å². The van der Waals surface area contributed by atoms with E-state index in [1.54, 1.807) is 13.8 Å².